The van der Waals surface area contributed by atoms with Crippen LogP contribution < -0.4 is 20.2 Å². The average Bonchev–Trinajstić information content (AvgIpc) is 2.66. The van der Waals surface area contributed by atoms with Crippen LogP contribution in [-0.4, -0.2) is 31.7 Å². The third-order valence-corrected chi connectivity index (χ3v) is 4.43. The van der Waals surface area contributed by atoms with Gasteiger partial charge in [0.05, 0.1) is 26.3 Å². The van der Waals surface area contributed by atoms with Gasteiger partial charge in [-0.3, -0.25) is 9.59 Å². The van der Waals surface area contributed by atoms with Gasteiger partial charge in [0.25, 0.3) is 0 Å². The summed E-state index contributed by atoms with van der Waals surface area (Å²) in [6.45, 7) is 1.71. The molecule has 1 aliphatic carbocycles. The molecule has 0 spiro atoms. The molecule has 1 aliphatic rings. The summed E-state index contributed by atoms with van der Waals surface area (Å²) in [5.74, 6) is 0.893. The van der Waals surface area contributed by atoms with Crippen molar-refractivity contribution in [3.8, 4) is 11.5 Å². The number of amides is 2. The van der Waals surface area contributed by atoms with E-state index < -0.39 is 0 Å². The molecule has 0 aromatic heterocycles. The maximum Gasteiger partial charge on any atom is 0.243 e. The molecule has 0 radical (unpaired) electrons. The number of benzene rings is 1. The third-order valence-electron chi connectivity index (χ3n) is 4.43. The second-order valence-electron chi connectivity index (χ2n) is 6.45. The molecule has 1 aromatic rings. The van der Waals surface area contributed by atoms with Crippen LogP contribution in [0.25, 0.3) is 0 Å². The molecule has 2 rings (SSSR count). The lowest BCUT2D eigenvalue weighted by Gasteiger charge is -2.19. The molecule has 1 fully saturated rings. The highest BCUT2D eigenvalue weighted by molar-refractivity contribution is 6.06. The first kappa shape index (κ1) is 19.8. The standard InChI is InChI=1S/C19H27N3O4/c1-13(21-22-19(24)14-7-5-4-6-8-14)11-18(23)20-16-12-15(25-2)9-10-17(16)26-3/h9-10,12,14H,4-8,11H2,1-3H3,(H,20,23)(H,22,24). The van der Waals surface area contributed by atoms with Crippen LogP contribution in [0, 0.1) is 5.92 Å². The van der Waals surface area contributed by atoms with Gasteiger partial charge in [0.15, 0.2) is 0 Å². The minimum absolute atomic E-state index is 0.0372. The molecule has 0 unspecified atom stereocenters. The maximum absolute atomic E-state index is 12.2. The molecule has 0 aliphatic heterocycles. The molecule has 0 atom stereocenters. The van der Waals surface area contributed by atoms with Crippen LogP contribution in [0.5, 0.6) is 11.5 Å². The number of anilines is 1. The summed E-state index contributed by atoms with van der Waals surface area (Å²) in [5, 5.41) is 6.84. The molecule has 26 heavy (non-hydrogen) atoms. The van der Waals surface area contributed by atoms with Gasteiger partial charge in [-0.05, 0) is 31.9 Å². The normalized spacial score (nSPS) is 15.3. The van der Waals surface area contributed by atoms with Crippen molar-refractivity contribution in [1.29, 1.82) is 0 Å². The van der Waals surface area contributed by atoms with E-state index in [1.807, 2.05) is 0 Å². The summed E-state index contributed by atoms with van der Waals surface area (Å²) in [5.41, 5.74) is 3.65. The summed E-state index contributed by atoms with van der Waals surface area (Å²) in [6.07, 6.45) is 5.27. The van der Waals surface area contributed by atoms with Crippen molar-refractivity contribution in [2.75, 3.05) is 19.5 Å². The number of carbonyl (C=O) groups excluding carboxylic acids is 2. The predicted molar refractivity (Wildman–Crippen MR) is 101 cm³/mol. The van der Waals surface area contributed by atoms with E-state index >= 15 is 0 Å². The minimum Gasteiger partial charge on any atom is -0.497 e. The van der Waals surface area contributed by atoms with Gasteiger partial charge in [0.2, 0.25) is 11.8 Å². The average molecular weight is 361 g/mol. The molecule has 2 amide bonds. The lowest BCUT2D eigenvalue weighted by Crippen LogP contribution is -2.29. The Morgan fingerprint density at radius 3 is 2.54 bits per heavy atom. The number of hydrazone groups is 1. The highest BCUT2D eigenvalue weighted by atomic mass is 16.5. The first-order chi connectivity index (χ1) is 12.5. The van der Waals surface area contributed by atoms with Crippen molar-refractivity contribution in [2.24, 2.45) is 11.0 Å². The summed E-state index contributed by atoms with van der Waals surface area (Å²) in [6, 6.07) is 5.16. The molecule has 7 heteroatoms. The molecular formula is C19H27N3O4. The number of carbonyl (C=O) groups is 2. The molecule has 2 N–H and O–H groups in total. The summed E-state index contributed by atoms with van der Waals surface area (Å²) in [4.78, 5) is 24.3. The highest BCUT2D eigenvalue weighted by Crippen LogP contribution is 2.29. The van der Waals surface area contributed by atoms with Gasteiger partial charge < -0.3 is 14.8 Å². The smallest absolute Gasteiger partial charge is 0.243 e. The second-order valence-corrected chi connectivity index (χ2v) is 6.45. The fraction of sp³-hybridized carbons (Fsp3) is 0.526. The highest BCUT2D eigenvalue weighted by Gasteiger charge is 2.20. The van der Waals surface area contributed by atoms with Gasteiger partial charge in [-0.2, -0.15) is 5.10 Å². The second kappa shape index (κ2) is 9.79. The van der Waals surface area contributed by atoms with Crippen LogP contribution in [0.4, 0.5) is 5.69 Å². The molecule has 0 heterocycles. The Hall–Kier alpha value is -2.57. The van der Waals surface area contributed by atoms with E-state index in [2.05, 4.69) is 15.8 Å². The van der Waals surface area contributed by atoms with Crippen LogP contribution >= 0.6 is 0 Å². The molecule has 7 nitrogen and oxygen atoms in total. The predicted octanol–water partition coefficient (Wildman–Crippen LogP) is 3.10. The minimum atomic E-state index is -0.246. The lowest BCUT2D eigenvalue weighted by molar-refractivity contribution is -0.126. The van der Waals surface area contributed by atoms with Crippen LogP contribution in [0.15, 0.2) is 23.3 Å². The van der Waals surface area contributed by atoms with Gasteiger partial charge >= 0.3 is 0 Å². The number of hydrogen-bond donors (Lipinski definition) is 2. The van der Waals surface area contributed by atoms with E-state index in [-0.39, 0.29) is 24.2 Å². The van der Waals surface area contributed by atoms with Crippen molar-refractivity contribution in [1.82, 2.24) is 5.43 Å². The number of nitrogens with zero attached hydrogens (tertiary/aromatic N) is 1. The van der Waals surface area contributed by atoms with Crippen molar-refractivity contribution in [2.45, 2.75) is 45.4 Å². The summed E-state index contributed by atoms with van der Waals surface area (Å²) < 4.78 is 10.4. The lowest BCUT2D eigenvalue weighted by atomic mass is 9.89. The Balaban J connectivity index is 1.89. The van der Waals surface area contributed by atoms with Gasteiger partial charge in [-0.15, -0.1) is 0 Å². The first-order valence-corrected chi connectivity index (χ1v) is 8.88. The van der Waals surface area contributed by atoms with Crippen LogP contribution in [0.2, 0.25) is 0 Å². The fourth-order valence-electron chi connectivity index (χ4n) is 2.98. The zero-order valence-electron chi connectivity index (χ0n) is 15.6. The fourth-order valence-corrected chi connectivity index (χ4v) is 2.98. The largest absolute Gasteiger partial charge is 0.497 e. The topological polar surface area (TPSA) is 89.0 Å². The number of nitrogens with one attached hydrogen (secondary N) is 2. The molecule has 0 saturated heterocycles. The molecule has 1 aromatic carbocycles. The van der Waals surface area contributed by atoms with E-state index in [1.165, 1.54) is 13.5 Å². The SMILES string of the molecule is COc1ccc(OC)c(NC(=O)CC(C)=NNC(=O)C2CCCCC2)c1. The van der Waals surface area contributed by atoms with E-state index in [4.69, 9.17) is 9.47 Å². The van der Waals surface area contributed by atoms with Crippen molar-refractivity contribution >= 4 is 23.2 Å². The zero-order valence-corrected chi connectivity index (χ0v) is 15.6. The first-order valence-electron chi connectivity index (χ1n) is 8.88. The van der Waals surface area contributed by atoms with Crippen molar-refractivity contribution in [3.05, 3.63) is 18.2 Å². The summed E-state index contributed by atoms with van der Waals surface area (Å²) >= 11 is 0. The molecule has 142 valence electrons. The van der Waals surface area contributed by atoms with Gasteiger partial charge in [-0.1, -0.05) is 19.3 Å². The Bertz CT molecular complexity index is 667. The molecular weight excluding hydrogens is 334 g/mol. The number of methoxy groups -OCH3 is 2. The number of rotatable bonds is 7. The maximum atomic E-state index is 12.2. The van der Waals surface area contributed by atoms with Crippen LogP contribution in [0.1, 0.15) is 45.4 Å². The number of ether oxygens (including phenoxy) is 2. The van der Waals surface area contributed by atoms with E-state index in [1.54, 1.807) is 32.2 Å². The van der Waals surface area contributed by atoms with E-state index in [0.717, 1.165) is 25.7 Å². The van der Waals surface area contributed by atoms with Crippen LogP contribution in [0.3, 0.4) is 0 Å². The van der Waals surface area contributed by atoms with Gasteiger partial charge in [-0.25, -0.2) is 5.43 Å². The monoisotopic (exact) mass is 361 g/mol. The van der Waals surface area contributed by atoms with Gasteiger partial charge in [0.1, 0.15) is 11.5 Å². The quantitative estimate of drug-likeness (QED) is 0.577. The Kier molecular flexibility index (Phi) is 7.44. The Labute approximate surface area is 154 Å². The Morgan fingerprint density at radius 2 is 1.88 bits per heavy atom. The van der Waals surface area contributed by atoms with Gasteiger partial charge in [0, 0.05) is 17.7 Å². The van der Waals surface area contributed by atoms with E-state index in [0.29, 0.717) is 22.9 Å². The van der Waals surface area contributed by atoms with E-state index in [9.17, 15) is 9.59 Å². The number of hydrogen-bond acceptors (Lipinski definition) is 5. The van der Waals surface area contributed by atoms with Crippen molar-refractivity contribution < 1.29 is 19.1 Å². The zero-order chi connectivity index (χ0) is 18.9. The molecule has 0 bridgehead atoms. The molecule has 1 saturated carbocycles. The van der Waals surface area contributed by atoms with Crippen LogP contribution in [-0.2, 0) is 9.59 Å². The third kappa shape index (κ3) is 5.75. The Morgan fingerprint density at radius 1 is 1.15 bits per heavy atom. The van der Waals surface area contributed by atoms with Crippen molar-refractivity contribution in [3.63, 3.8) is 0 Å². The summed E-state index contributed by atoms with van der Waals surface area (Å²) in [7, 11) is 3.09.